The molecule has 2 amide bonds. The summed E-state index contributed by atoms with van der Waals surface area (Å²) < 4.78 is 5.08. The molecule has 0 spiro atoms. The fourth-order valence-electron chi connectivity index (χ4n) is 3.02. The summed E-state index contributed by atoms with van der Waals surface area (Å²) in [5.41, 5.74) is 0. The van der Waals surface area contributed by atoms with E-state index in [0.29, 0.717) is 43.6 Å². The molecule has 1 aliphatic heterocycles. The predicted octanol–water partition coefficient (Wildman–Crippen LogP) is 2.37. The van der Waals surface area contributed by atoms with E-state index in [1.165, 1.54) is 0 Å². The van der Waals surface area contributed by atoms with E-state index in [-0.39, 0.29) is 17.9 Å². The maximum atomic E-state index is 12.6. The lowest BCUT2D eigenvalue weighted by atomic mass is 10.1. The second kappa shape index (κ2) is 8.80. The minimum absolute atomic E-state index is 0.000918. The molecule has 0 radical (unpaired) electrons. The first kappa shape index (κ1) is 18.4. The largest absolute Gasteiger partial charge is 0.356 e. The zero-order chi connectivity index (χ0) is 17.5. The van der Waals surface area contributed by atoms with Gasteiger partial charge in [0.25, 0.3) is 0 Å². The van der Waals surface area contributed by atoms with Crippen molar-refractivity contribution in [2.24, 2.45) is 5.92 Å². The van der Waals surface area contributed by atoms with Gasteiger partial charge in [-0.2, -0.15) is 4.98 Å². The van der Waals surface area contributed by atoms with Gasteiger partial charge in [0.2, 0.25) is 17.7 Å². The summed E-state index contributed by atoms with van der Waals surface area (Å²) in [6, 6.07) is -0.121. The average Bonchev–Trinajstić information content (AvgIpc) is 2.80. The van der Waals surface area contributed by atoms with Gasteiger partial charge in [0.05, 0.1) is 6.04 Å². The number of hydrogen-bond acceptors (Lipinski definition) is 5. The van der Waals surface area contributed by atoms with E-state index in [4.69, 9.17) is 4.52 Å². The average molecular weight is 336 g/mol. The smallest absolute Gasteiger partial charge is 0.224 e. The van der Waals surface area contributed by atoms with Crippen molar-refractivity contribution in [1.82, 2.24) is 20.4 Å². The van der Waals surface area contributed by atoms with E-state index in [1.807, 2.05) is 18.7 Å². The van der Waals surface area contributed by atoms with Crippen LogP contribution in [0.3, 0.4) is 0 Å². The number of carbonyl (C=O) groups is 2. The molecule has 1 unspecified atom stereocenters. The van der Waals surface area contributed by atoms with E-state index in [1.54, 1.807) is 6.92 Å². The highest BCUT2D eigenvalue weighted by molar-refractivity contribution is 5.79. The highest BCUT2D eigenvalue weighted by Gasteiger charge is 2.29. The number of aryl methyl sites for hydroxylation is 1. The molecule has 1 saturated heterocycles. The van der Waals surface area contributed by atoms with Gasteiger partial charge in [0, 0.05) is 32.9 Å². The Kier molecular flexibility index (Phi) is 6.75. The third kappa shape index (κ3) is 5.32. The van der Waals surface area contributed by atoms with Gasteiger partial charge in [-0.05, 0) is 18.8 Å². The lowest BCUT2D eigenvalue weighted by molar-refractivity contribution is -0.133. The van der Waals surface area contributed by atoms with Crippen molar-refractivity contribution in [3.8, 4) is 0 Å². The summed E-state index contributed by atoms with van der Waals surface area (Å²) in [5.74, 6) is 1.46. The van der Waals surface area contributed by atoms with Gasteiger partial charge in [-0.3, -0.25) is 9.59 Å². The number of hydrogen-bond donors (Lipinski definition) is 1. The summed E-state index contributed by atoms with van der Waals surface area (Å²) in [4.78, 5) is 30.5. The van der Waals surface area contributed by atoms with Crippen LogP contribution in [-0.2, 0) is 9.59 Å². The molecular formula is C17H28N4O3. The molecule has 1 aromatic heterocycles. The molecule has 0 aliphatic carbocycles. The lowest BCUT2D eigenvalue weighted by Crippen LogP contribution is -2.37. The minimum atomic E-state index is -0.121. The normalized spacial score (nSPS) is 18.5. The minimum Gasteiger partial charge on any atom is -0.356 e. The van der Waals surface area contributed by atoms with Crippen LogP contribution in [0.1, 0.15) is 70.1 Å². The number of carbonyl (C=O) groups excluding carboxylic acids is 2. The van der Waals surface area contributed by atoms with Crippen LogP contribution in [-0.4, -0.2) is 39.9 Å². The number of rotatable bonds is 6. The molecule has 1 aromatic rings. The fourth-order valence-corrected chi connectivity index (χ4v) is 3.02. The monoisotopic (exact) mass is 336 g/mol. The Bertz CT molecular complexity index is 556. The second-order valence-electron chi connectivity index (χ2n) is 6.82. The molecular weight excluding hydrogens is 308 g/mol. The van der Waals surface area contributed by atoms with Crippen LogP contribution in [0.2, 0.25) is 0 Å². The van der Waals surface area contributed by atoms with Crippen molar-refractivity contribution in [1.29, 1.82) is 0 Å². The maximum Gasteiger partial charge on any atom is 0.224 e. The van der Waals surface area contributed by atoms with Gasteiger partial charge in [-0.25, -0.2) is 0 Å². The molecule has 1 aliphatic rings. The number of nitrogens with one attached hydrogen (secondary N) is 1. The van der Waals surface area contributed by atoms with Crippen molar-refractivity contribution in [3.05, 3.63) is 11.7 Å². The van der Waals surface area contributed by atoms with Gasteiger partial charge in [0.15, 0.2) is 5.82 Å². The summed E-state index contributed by atoms with van der Waals surface area (Å²) >= 11 is 0. The molecule has 7 nitrogen and oxygen atoms in total. The molecule has 134 valence electrons. The van der Waals surface area contributed by atoms with Gasteiger partial charge in [-0.1, -0.05) is 31.8 Å². The topological polar surface area (TPSA) is 88.3 Å². The Hall–Kier alpha value is -1.92. The third-order valence-electron chi connectivity index (χ3n) is 4.17. The zero-order valence-electron chi connectivity index (χ0n) is 14.9. The summed E-state index contributed by atoms with van der Waals surface area (Å²) in [6.45, 7) is 6.83. The van der Waals surface area contributed by atoms with Crippen LogP contribution in [0.5, 0.6) is 0 Å². The first-order valence-electron chi connectivity index (χ1n) is 8.83. The number of amides is 2. The molecule has 1 fully saturated rings. The standard InChI is InChI=1S/C17H28N4O3/c1-12(2)11-15(22)18-9-8-16(23)21-10-6-4-5-7-14(21)17-19-13(3)24-20-17/h12,14H,4-11H2,1-3H3,(H,18,22). The van der Waals surface area contributed by atoms with E-state index < -0.39 is 0 Å². The molecule has 2 heterocycles. The van der Waals surface area contributed by atoms with Crippen molar-refractivity contribution in [2.75, 3.05) is 13.1 Å². The van der Waals surface area contributed by atoms with E-state index in [9.17, 15) is 9.59 Å². The molecule has 0 bridgehead atoms. The summed E-state index contributed by atoms with van der Waals surface area (Å²) in [6.07, 6.45) is 4.78. The Labute approximate surface area is 143 Å². The third-order valence-corrected chi connectivity index (χ3v) is 4.17. The van der Waals surface area contributed by atoms with E-state index >= 15 is 0 Å². The van der Waals surface area contributed by atoms with Crippen LogP contribution in [0.15, 0.2) is 4.52 Å². The number of likely N-dealkylation sites (tertiary alicyclic amines) is 1. The van der Waals surface area contributed by atoms with Gasteiger partial charge < -0.3 is 14.7 Å². The van der Waals surface area contributed by atoms with Crippen LogP contribution in [0.4, 0.5) is 0 Å². The molecule has 1 atom stereocenters. The molecule has 2 rings (SSSR count). The highest BCUT2D eigenvalue weighted by Crippen LogP contribution is 2.28. The quantitative estimate of drug-likeness (QED) is 0.861. The Morgan fingerprint density at radius 1 is 1.33 bits per heavy atom. The van der Waals surface area contributed by atoms with E-state index in [0.717, 1.165) is 25.7 Å². The van der Waals surface area contributed by atoms with Crippen LogP contribution in [0.25, 0.3) is 0 Å². The molecule has 1 N–H and O–H groups in total. The van der Waals surface area contributed by atoms with Crippen LogP contribution in [0, 0.1) is 12.8 Å². The Morgan fingerprint density at radius 2 is 2.12 bits per heavy atom. The fraction of sp³-hybridized carbons (Fsp3) is 0.765. The van der Waals surface area contributed by atoms with Gasteiger partial charge in [-0.15, -0.1) is 0 Å². The van der Waals surface area contributed by atoms with Gasteiger partial charge in [0.1, 0.15) is 0 Å². The van der Waals surface area contributed by atoms with Crippen molar-refractivity contribution in [2.45, 2.75) is 65.3 Å². The number of nitrogens with zero attached hydrogens (tertiary/aromatic N) is 3. The maximum absolute atomic E-state index is 12.6. The second-order valence-corrected chi connectivity index (χ2v) is 6.82. The predicted molar refractivity (Wildman–Crippen MR) is 89.0 cm³/mol. The van der Waals surface area contributed by atoms with Crippen molar-refractivity contribution in [3.63, 3.8) is 0 Å². The summed E-state index contributed by atoms with van der Waals surface area (Å²) in [5, 5.41) is 6.83. The highest BCUT2D eigenvalue weighted by atomic mass is 16.5. The Balaban J connectivity index is 1.93. The molecule has 0 aromatic carbocycles. The molecule has 7 heteroatoms. The van der Waals surface area contributed by atoms with Crippen molar-refractivity contribution < 1.29 is 14.1 Å². The SMILES string of the molecule is Cc1nc(C2CCCCCN2C(=O)CCNC(=O)CC(C)C)no1. The first-order valence-corrected chi connectivity index (χ1v) is 8.83. The molecule has 0 saturated carbocycles. The lowest BCUT2D eigenvalue weighted by Gasteiger charge is -2.28. The Morgan fingerprint density at radius 3 is 2.79 bits per heavy atom. The van der Waals surface area contributed by atoms with Gasteiger partial charge >= 0.3 is 0 Å². The molecule has 24 heavy (non-hydrogen) atoms. The first-order chi connectivity index (χ1) is 11.5. The summed E-state index contributed by atoms with van der Waals surface area (Å²) in [7, 11) is 0. The van der Waals surface area contributed by atoms with Crippen LogP contribution < -0.4 is 5.32 Å². The van der Waals surface area contributed by atoms with Crippen LogP contribution >= 0.6 is 0 Å². The van der Waals surface area contributed by atoms with Crippen molar-refractivity contribution >= 4 is 11.8 Å². The number of aromatic nitrogens is 2. The van der Waals surface area contributed by atoms with E-state index in [2.05, 4.69) is 15.5 Å². The zero-order valence-corrected chi connectivity index (χ0v) is 14.9.